The number of carbonyl (C=O) groups excluding carboxylic acids is 2. The SMILES string of the molecule is CC(=O)c1cccc2c1OB(O)[C@@H](CC(=O)/C(=C\C(=O)O)c1csc(N)n1)C2. The highest BCUT2D eigenvalue weighted by Gasteiger charge is 2.38. The van der Waals surface area contributed by atoms with Crippen LogP contribution in [0.5, 0.6) is 5.75 Å². The van der Waals surface area contributed by atoms with Crippen molar-refractivity contribution < 1.29 is 29.2 Å². The zero-order chi connectivity index (χ0) is 20.4. The number of benzene rings is 1. The predicted molar refractivity (Wildman–Crippen MR) is 104 cm³/mol. The molecule has 2 heterocycles. The van der Waals surface area contributed by atoms with Crippen molar-refractivity contribution in [3.8, 4) is 5.75 Å². The number of para-hydroxylation sites is 1. The van der Waals surface area contributed by atoms with Gasteiger partial charge in [0.2, 0.25) is 0 Å². The maximum absolute atomic E-state index is 12.8. The van der Waals surface area contributed by atoms with Crippen LogP contribution >= 0.6 is 11.3 Å². The van der Waals surface area contributed by atoms with E-state index in [1.807, 2.05) is 0 Å². The minimum atomic E-state index is -1.30. The zero-order valence-electron chi connectivity index (χ0n) is 14.9. The van der Waals surface area contributed by atoms with Gasteiger partial charge >= 0.3 is 13.1 Å². The molecule has 1 aromatic heterocycles. The second-order valence-corrected chi connectivity index (χ2v) is 7.31. The van der Waals surface area contributed by atoms with Crippen molar-refractivity contribution >= 4 is 46.7 Å². The fraction of sp³-hybridized carbons (Fsp3) is 0.222. The van der Waals surface area contributed by atoms with Crippen molar-refractivity contribution in [3.63, 3.8) is 0 Å². The van der Waals surface area contributed by atoms with E-state index in [9.17, 15) is 19.4 Å². The number of nitrogen functional groups attached to an aromatic ring is 1. The van der Waals surface area contributed by atoms with Crippen molar-refractivity contribution in [2.24, 2.45) is 0 Å². The highest BCUT2D eigenvalue weighted by Crippen LogP contribution is 2.37. The van der Waals surface area contributed by atoms with Crippen molar-refractivity contribution in [2.75, 3.05) is 5.73 Å². The van der Waals surface area contributed by atoms with Gasteiger partial charge in [-0.1, -0.05) is 12.1 Å². The number of allylic oxidation sites excluding steroid dienone is 1. The van der Waals surface area contributed by atoms with Gasteiger partial charge in [0.05, 0.1) is 16.8 Å². The molecule has 0 radical (unpaired) electrons. The lowest BCUT2D eigenvalue weighted by Gasteiger charge is -2.28. The number of fused-ring (bicyclic) bond motifs is 1. The number of hydrogen-bond donors (Lipinski definition) is 3. The highest BCUT2D eigenvalue weighted by molar-refractivity contribution is 7.13. The fourth-order valence-corrected chi connectivity index (χ4v) is 3.68. The number of ketones is 2. The number of carbonyl (C=O) groups is 3. The standard InChI is InChI=1S/C18H17BN2O6S/c1-9(22)12-4-2-3-10-5-11(19(26)27-17(10)12)6-15(23)13(7-16(24)25)14-8-28-18(20)21-14/h2-4,7-8,11,26H,5-6H2,1H3,(H2,20,21)(H,24,25)/b13-7-/t11-/m1/s1. The van der Waals surface area contributed by atoms with E-state index in [0.717, 1.165) is 17.4 Å². The number of carboxylic acid groups (broad SMARTS) is 1. The Morgan fingerprint density at radius 2 is 2.18 bits per heavy atom. The second-order valence-electron chi connectivity index (χ2n) is 6.42. The number of carboxylic acids is 1. The zero-order valence-corrected chi connectivity index (χ0v) is 15.7. The smallest absolute Gasteiger partial charge is 0.526 e. The normalized spacial score (nSPS) is 16.3. The summed E-state index contributed by atoms with van der Waals surface area (Å²) < 4.78 is 5.52. The molecule has 1 aliphatic rings. The van der Waals surface area contributed by atoms with Gasteiger partial charge in [0.1, 0.15) is 5.75 Å². The van der Waals surface area contributed by atoms with E-state index in [2.05, 4.69) is 4.98 Å². The molecule has 0 bridgehead atoms. The third-order valence-corrected chi connectivity index (χ3v) is 5.09. The molecule has 0 saturated heterocycles. The molecule has 1 aromatic carbocycles. The van der Waals surface area contributed by atoms with E-state index in [-0.39, 0.29) is 28.6 Å². The van der Waals surface area contributed by atoms with Crippen molar-refractivity contribution in [3.05, 3.63) is 46.5 Å². The second kappa shape index (κ2) is 7.95. The molecule has 0 amide bonds. The number of anilines is 1. The predicted octanol–water partition coefficient (Wildman–Crippen LogP) is 1.84. The Hall–Kier alpha value is -2.98. The van der Waals surface area contributed by atoms with E-state index < -0.39 is 24.7 Å². The van der Waals surface area contributed by atoms with Crippen molar-refractivity contribution in [2.45, 2.75) is 25.6 Å². The van der Waals surface area contributed by atoms with Gasteiger partial charge < -0.3 is 20.5 Å². The Morgan fingerprint density at radius 3 is 2.79 bits per heavy atom. The summed E-state index contributed by atoms with van der Waals surface area (Å²) in [7, 11) is -1.30. The Balaban J connectivity index is 1.84. The lowest BCUT2D eigenvalue weighted by Crippen LogP contribution is -2.35. The van der Waals surface area contributed by atoms with Gasteiger partial charge in [-0.3, -0.25) is 9.59 Å². The van der Waals surface area contributed by atoms with Gasteiger partial charge in [-0.25, -0.2) is 9.78 Å². The van der Waals surface area contributed by atoms with Crippen LogP contribution in [0, 0.1) is 0 Å². The summed E-state index contributed by atoms with van der Waals surface area (Å²) in [6.07, 6.45) is 0.944. The number of aliphatic carboxylic acids is 1. The van der Waals surface area contributed by atoms with Gasteiger partial charge in [-0.2, -0.15) is 0 Å². The van der Waals surface area contributed by atoms with E-state index >= 15 is 0 Å². The number of Topliss-reactive ketones (excluding diaryl/α,β-unsaturated/α-hetero) is 2. The first-order valence-corrected chi connectivity index (χ1v) is 9.31. The van der Waals surface area contributed by atoms with Gasteiger partial charge in [0.25, 0.3) is 0 Å². The molecule has 0 spiro atoms. The molecule has 144 valence electrons. The molecular weight excluding hydrogens is 383 g/mol. The summed E-state index contributed by atoms with van der Waals surface area (Å²) in [6.45, 7) is 1.41. The quantitative estimate of drug-likeness (QED) is 0.379. The lowest BCUT2D eigenvalue weighted by molar-refractivity contribution is -0.131. The first-order valence-electron chi connectivity index (χ1n) is 8.43. The summed E-state index contributed by atoms with van der Waals surface area (Å²) >= 11 is 1.09. The topological polar surface area (TPSA) is 140 Å². The van der Waals surface area contributed by atoms with Crippen LogP contribution in [0.1, 0.15) is 35.0 Å². The number of aromatic nitrogens is 1. The van der Waals surface area contributed by atoms with Gasteiger partial charge in [0, 0.05) is 23.7 Å². The number of nitrogens with two attached hydrogens (primary N) is 1. The largest absolute Gasteiger partial charge is 0.535 e. The maximum Gasteiger partial charge on any atom is 0.526 e. The van der Waals surface area contributed by atoms with Gasteiger partial charge in [-0.05, 0) is 25.0 Å². The van der Waals surface area contributed by atoms with Gasteiger partial charge in [0.15, 0.2) is 16.7 Å². The van der Waals surface area contributed by atoms with Crippen molar-refractivity contribution in [1.29, 1.82) is 0 Å². The first kappa shape index (κ1) is 19.8. The highest BCUT2D eigenvalue weighted by atomic mass is 32.1. The minimum absolute atomic E-state index is 0.0871. The Morgan fingerprint density at radius 1 is 1.43 bits per heavy atom. The van der Waals surface area contributed by atoms with E-state index in [1.165, 1.54) is 12.3 Å². The number of rotatable bonds is 6. The monoisotopic (exact) mass is 400 g/mol. The van der Waals surface area contributed by atoms with Crippen LogP contribution in [-0.4, -0.2) is 39.8 Å². The van der Waals surface area contributed by atoms with Crippen LogP contribution in [0.3, 0.4) is 0 Å². The number of nitrogens with zero attached hydrogens (tertiary/aromatic N) is 1. The molecule has 28 heavy (non-hydrogen) atoms. The van der Waals surface area contributed by atoms with Crippen LogP contribution in [0.2, 0.25) is 5.82 Å². The fourth-order valence-electron chi connectivity index (χ4n) is 3.12. The van der Waals surface area contributed by atoms with Gasteiger partial charge in [-0.15, -0.1) is 11.3 Å². The summed E-state index contributed by atoms with van der Waals surface area (Å²) in [5, 5.41) is 21.2. The molecule has 0 aliphatic carbocycles. The van der Waals surface area contributed by atoms with Crippen LogP contribution < -0.4 is 10.4 Å². The molecule has 0 fully saturated rings. The van der Waals surface area contributed by atoms with E-state index in [1.54, 1.807) is 18.2 Å². The number of hydrogen-bond acceptors (Lipinski definition) is 8. The Bertz CT molecular complexity index is 986. The van der Waals surface area contributed by atoms with E-state index in [4.69, 9.17) is 15.5 Å². The van der Waals surface area contributed by atoms with E-state index in [0.29, 0.717) is 23.3 Å². The molecule has 8 nitrogen and oxygen atoms in total. The third kappa shape index (κ3) is 4.13. The lowest BCUT2D eigenvalue weighted by atomic mass is 9.64. The molecular formula is C18H17BN2O6S. The molecule has 0 unspecified atom stereocenters. The third-order valence-electron chi connectivity index (χ3n) is 4.41. The summed E-state index contributed by atoms with van der Waals surface area (Å²) in [5.41, 5.74) is 6.75. The Kier molecular flexibility index (Phi) is 5.62. The summed E-state index contributed by atoms with van der Waals surface area (Å²) in [6, 6.07) is 5.09. The first-order chi connectivity index (χ1) is 13.3. The van der Waals surface area contributed by atoms with Crippen molar-refractivity contribution in [1.82, 2.24) is 4.98 Å². The molecule has 10 heteroatoms. The number of thiazole rings is 1. The van der Waals surface area contributed by atoms with Crippen LogP contribution in [0.25, 0.3) is 5.57 Å². The molecule has 2 aromatic rings. The molecule has 4 N–H and O–H groups in total. The molecule has 1 atom stereocenters. The summed E-state index contributed by atoms with van der Waals surface area (Å²) in [5.74, 6) is -2.25. The molecule has 0 saturated carbocycles. The minimum Gasteiger partial charge on any atom is -0.535 e. The Labute approximate surface area is 164 Å². The molecule has 3 rings (SSSR count). The summed E-state index contributed by atoms with van der Waals surface area (Å²) in [4.78, 5) is 39.6. The average molecular weight is 400 g/mol. The maximum atomic E-state index is 12.8. The molecule has 1 aliphatic heterocycles. The average Bonchev–Trinajstić information content (AvgIpc) is 3.05. The van der Waals surface area contributed by atoms with Crippen LogP contribution in [0.15, 0.2) is 29.7 Å². The van der Waals surface area contributed by atoms with Crippen LogP contribution in [-0.2, 0) is 16.0 Å². The van der Waals surface area contributed by atoms with Crippen LogP contribution in [0.4, 0.5) is 5.13 Å².